The Morgan fingerprint density at radius 2 is 1.94 bits per heavy atom. The molecule has 0 saturated carbocycles. The van der Waals surface area contributed by atoms with Gasteiger partial charge in [0.2, 0.25) is 0 Å². The van der Waals surface area contributed by atoms with Crippen LogP contribution >= 0.6 is 11.8 Å². The van der Waals surface area contributed by atoms with Crippen molar-refractivity contribution in [2.45, 2.75) is 25.5 Å². The fourth-order valence-electron chi connectivity index (χ4n) is 1.36. The van der Waals surface area contributed by atoms with Gasteiger partial charge in [-0.15, -0.1) is 11.8 Å². The van der Waals surface area contributed by atoms with Crippen molar-refractivity contribution in [1.82, 2.24) is 0 Å². The molecule has 0 radical (unpaired) electrons. The van der Waals surface area contributed by atoms with Crippen LogP contribution in [0.3, 0.4) is 0 Å². The molecule has 0 aliphatic heterocycles. The summed E-state index contributed by atoms with van der Waals surface area (Å²) in [6.07, 6.45) is 0. The minimum Gasteiger partial charge on any atom is -0.480 e. The van der Waals surface area contributed by atoms with Crippen molar-refractivity contribution in [2.75, 3.05) is 5.75 Å². The molecule has 0 aliphatic carbocycles. The largest absolute Gasteiger partial charge is 0.480 e. The third-order valence-electron chi connectivity index (χ3n) is 2.44. The summed E-state index contributed by atoms with van der Waals surface area (Å²) in [7, 11) is 0. The summed E-state index contributed by atoms with van der Waals surface area (Å²) in [6, 6.07) is 9.42. The van der Waals surface area contributed by atoms with Crippen molar-refractivity contribution < 1.29 is 9.90 Å². The molecule has 16 heavy (non-hydrogen) atoms. The van der Waals surface area contributed by atoms with Crippen molar-refractivity contribution in [3.63, 3.8) is 0 Å². The number of rotatable bonds is 5. The summed E-state index contributed by atoms with van der Waals surface area (Å²) < 4.78 is -0.842. The molecule has 1 atom stereocenters. The van der Waals surface area contributed by atoms with E-state index in [2.05, 4.69) is 13.8 Å². The van der Waals surface area contributed by atoms with Crippen molar-refractivity contribution in [3.8, 4) is 0 Å². The third-order valence-corrected chi connectivity index (χ3v) is 4.26. The van der Waals surface area contributed by atoms with E-state index in [1.54, 1.807) is 6.92 Å². The molecule has 0 saturated heterocycles. The van der Waals surface area contributed by atoms with Gasteiger partial charge in [-0.05, 0) is 24.2 Å². The number of hydrogen-bond donors (Lipinski definition) is 1. The lowest BCUT2D eigenvalue weighted by atomic mass is 10.0. The van der Waals surface area contributed by atoms with Crippen LogP contribution in [0.25, 0.3) is 0 Å². The van der Waals surface area contributed by atoms with Crippen molar-refractivity contribution in [2.24, 2.45) is 5.92 Å². The summed E-state index contributed by atoms with van der Waals surface area (Å²) >= 11 is 1.49. The fraction of sp³-hybridized carbons (Fsp3) is 0.462. The van der Waals surface area contributed by atoms with Gasteiger partial charge < -0.3 is 5.11 Å². The first-order valence-corrected chi connectivity index (χ1v) is 6.38. The second-order valence-corrected chi connectivity index (χ2v) is 5.85. The quantitative estimate of drug-likeness (QED) is 0.854. The van der Waals surface area contributed by atoms with Crippen LogP contribution in [0.15, 0.2) is 30.3 Å². The van der Waals surface area contributed by atoms with Gasteiger partial charge in [0.15, 0.2) is 0 Å². The number of benzene rings is 1. The topological polar surface area (TPSA) is 37.3 Å². The Kier molecular flexibility index (Phi) is 4.42. The van der Waals surface area contributed by atoms with Crippen molar-refractivity contribution in [1.29, 1.82) is 0 Å². The highest BCUT2D eigenvalue weighted by atomic mass is 32.2. The van der Waals surface area contributed by atoms with Gasteiger partial charge in [0, 0.05) is 0 Å². The summed E-state index contributed by atoms with van der Waals surface area (Å²) in [4.78, 5) is 11.4. The molecule has 0 bridgehead atoms. The molecule has 1 unspecified atom stereocenters. The summed E-state index contributed by atoms with van der Waals surface area (Å²) in [5.41, 5.74) is 0.855. The van der Waals surface area contributed by atoms with Crippen LogP contribution in [0.1, 0.15) is 26.3 Å². The lowest BCUT2D eigenvalue weighted by molar-refractivity contribution is -0.139. The van der Waals surface area contributed by atoms with E-state index in [0.29, 0.717) is 5.92 Å². The van der Waals surface area contributed by atoms with E-state index >= 15 is 0 Å². The Morgan fingerprint density at radius 3 is 2.38 bits per heavy atom. The maximum absolute atomic E-state index is 11.4. The van der Waals surface area contributed by atoms with Gasteiger partial charge in [-0.1, -0.05) is 44.2 Å². The average molecular weight is 238 g/mol. The van der Waals surface area contributed by atoms with Crippen LogP contribution < -0.4 is 0 Å². The van der Waals surface area contributed by atoms with Gasteiger partial charge in [0.1, 0.15) is 4.75 Å². The predicted octanol–water partition coefficient (Wildman–Crippen LogP) is 3.38. The molecule has 1 aromatic carbocycles. The molecule has 3 heteroatoms. The van der Waals surface area contributed by atoms with Gasteiger partial charge in [-0.25, -0.2) is 0 Å². The van der Waals surface area contributed by atoms with Gasteiger partial charge in [0.05, 0.1) is 0 Å². The zero-order chi connectivity index (χ0) is 12.2. The van der Waals surface area contributed by atoms with Crippen molar-refractivity contribution in [3.05, 3.63) is 35.9 Å². The Hall–Kier alpha value is -0.960. The number of carboxylic acids is 1. The first-order valence-electron chi connectivity index (χ1n) is 5.39. The molecule has 2 nitrogen and oxygen atoms in total. The zero-order valence-electron chi connectivity index (χ0n) is 9.93. The zero-order valence-corrected chi connectivity index (χ0v) is 10.8. The predicted molar refractivity (Wildman–Crippen MR) is 68.7 cm³/mol. The van der Waals surface area contributed by atoms with Gasteiger partial charge >= 0.3 is 5.97 Å². The van der Waals surface area contributed by atoms with E-state index in [1.165, 1.54) is 11.8 Å². The van der Waals surface area contributed by atoms with Gasteiger partial charge in [-0.2, -0.15) is 0 Å². The maximum Gasteiger partial charge on any atom is 0.324 e. The van der Waals surface area contributed by atoms with E-state index in [4.69, 9.17) is 0 Å². The van der Waals surface area contributed by atoms with E-state index in [9.17, 15) is 9.90 Å². The normalized spacial score (nSPS) is 14.8. The van der Waals surface area contributed by atoms with Crippen molar-refractivity contribution >= 4 is 17.7 Å². The van der Waals surface area contributed by atoms with Gasteiger partial charge in [-0.3, -0.25) is 4.79 Å². The summed E-state index contributed by atoms with van der Waals surface area (Å²) in [5, 5.41) is 9.38. The minimum absolute atomic E-state index is 0.493. The summed E-state index contributed by atoms with van der Waals surface area (Å²) in [5.74, 6) is 0.564. The molecule has 1 N–H and O–H groups in total. The lowest BCUT2D eigenvalue weighted by Crippen LogP contribution is -2.29. The maximum atomic E-state index is 11.4. The number of carbonyl (C=O) groups is 1. The lowest BCUT2D eigenvalue weighted by Gasteiger charge is -2.25. The Labute approximate surface area is 101 Å². The molecular weight excluding hydrogens is 220 g/mol. The molecule has 1 rings (SSSR count). The minimum atomic E-state index is -0.842. The average Bonchev–Trinajstić information content (AvgIpc) is 2.26. The number of carboxylic acid groups (broad SMARTS) is 1. The first kappa shape index (κ1) is 13.1. The highest BCUT2D eigenvalue weighted by Gasteiger charge is 2.35. The summed E-state index contributed by atoms with van der Waals surface area (Å²) in [6.45, 7) is 5.97. The van der Waals surface area contributed by atoms with Crippen LogP contribution in [0, 0.1) is 5.92 Å². The molecule has 0 amide bonds. The van der Waals surface area contributed by atoms with Gasteiger partial charge in [0.25, 0.3) is 0 Å². The SMILES string of the molecule is CC(C)CSC(C)(C(=O)O)c1ccccc1. The Balaban J connectivity index is 2.93. The molecule has 0 aromatic heterocycles. The second-order valence-electron chi connectivity index (χ2n) is 4.41. The highest BCUT2D eigenvalue weighted by Crippen LogP contribution is 2.37. The smallest absolute Gasteiger partial charge is 0.324 e. The van der Waals surface area contributed by atoms with Crippen LogP contribution in [-0.4, -0.2) is 16.8 Å². The Morgan fingerprint density at radius 1 is 1.38 bits per heavy atom. The van der Waals surface area contributed by atoms with E-state index in [0.717, 1.165) is 11.3 Å². The molecule has 0 spiro atoms. The molecule has 0 aliphatic rings. The van der Waals surface area contributed by atoms with Crippen LogP contribution in [0.2, 0.25) is 0 Å². The molecular formula is C13H18O2S. The molecule has 88 valence electrons. The monoisotopic (exact) mass is 238 g/mol. The molecule has 1 aromatic rings. The number of aliphatic carboxylic acids is 1. The second kappa shape index (κ2) is 5.39. The van der Waals surface area contributed by atoms with E-state index < -0.39 is 10.7 Å². The standard InChI is InChI=1S/C13H18O2S/c1-10(2)9-16-13(3,12(14)15)11-7-5-4-6-8-11/h4-8,10H,9H2,1-3H3,(H,14,15). The third kappa shape index (κ3) is 3.01. The first-order chi connectivity index (χ1) is 7.47. The van der Waals surface area contributed by atoms with E-state index in [-0.39, 0.29) is 0 Å². The molecule has 0 heterocycles. The highest BCUT2D eigenvalue weighted by molar-refractivity contribution is 8.00. The Bertz CT molecular complexity index is 348. The number of thioether (sulfide) groups is 1. The number of hydrogen-bond acceptors (Lipinski definition) is 2. The molecule has 0 fully saturated rings. The van der Waals surface area contributed by atoms with Crippen LogP contribution in [0.4, 0.5) is 0 Å². The van der Waals surface area contributed by atoms with E-state index in [1.807, 2.05) is 30.3 Å². The van der Waals surface area contributed by atoms with Crippen LogP contribution in [-0.2, 0) is 9.54 Å². The van der Waals surface area contributed by atoms with Crippen LogP contribution in [0.5, 0.6) is 0 Å². The fourth-order valence-corrected chi connectivity index (χ4v) is 2.45.